The van der Waals surface area contributed by atoms with Crippen molar-refractivity contribution >= 4 is 51.1 Å². The van der Waals surface area contributed by atoms with Crippen LogP contribution in [0.25, 0.3) is 11.8 Å². The molecule has 1 aromatic carbocycles. The Bertz CT molecular complexity index is 1370. The van der Waals surface area contributed by atoms with Gasteiger partial charge >= 0.3 is 0 Å². The molecule has 1 amide bonds. The van der Waals surface area contributed by atoms with Gasteiger partial charge in [-0.25, -0.2) is 0 Å². The Morgan fingerprint density at radius 3 is 2.55 bits per heavy atom. The van der Waals surface area contributed by atoms with Gasteiger partial charge in [0.25, 0.3) is 5.91 Å². The van der Waals surface area contributed by atoms with Gasteiger partial charge < -0.3 is 4.57 Å². The molecule has 2 aliphatic rings. The third-order valence-electron chi connectivity index (χ3n) is 5.64. The van der Waals surface area contributed by atoms with Crippen molar-refractivity contribution in [3.05, 3.63) is 80.3 Å². The number of aromatic nitrogens is 1. The zero-order valence-electron chi connectivity index (χ0n) is 18.8. The number of nitrogens with zero attached hydrogens (tertiary/aromatic N) is 4. The Hall–Kier alpha value is -3.23. The number of rotatable bonds is 4. The fourth-order valence-corrected chi connectivity index (χ4v) is 5.94. The number of hydrogen-bond donors (Lipinski definition) is 1. The molecule has 0 radical (unpaired) electrons. The number of thiophene rings is 1. The number of aryl methyl sites for hydroxylation is 3. The van der Waals surface area contributed by atoms with Gasteiger partial charge in [-0.2, -0.15) is 15.1 Å². The first-order valence-electron chi connectivity index (χ1n) is 10.6. The predicted octanol–water partition coefficient (Wildman–Crippen LogP) is 5.63. The zero-order chi connectivity index (χ0) is 23.3. The van der Waals surface area contributed by atoms with Gasteiger partial charge in [-0.1, -0.05) is 12.1 Å². The maximum Gasteiger partial charge on any atom is 0.283 e. The van der Waals surface area contributed by atoms with Gasteiger partial charge in [0.2, 0.25) is 5.17 Å². The lowest BCUT2D eigenvalue weighted by molar-refractivity contribution is -0.114. The number of carbonyl (C=O) groups is 1. The Morgan fingerprint density at radius 2 is 1.85 bits per heavy atom. The quantitative estimate of drug-likeness (QED) is 0.499. The Balaban J connectivity index is 1.49. The van der Waals surface area contributed by atoms with Crippen LogP contribution in [0.5, 0.6) is 0 Å². The van der Waals surface area contributed by atoms with Gasteiger partial charge in [0.1, 0.15) is 5.04 Å². The normalized spacial score (nSPS) is 17.0. The number of amidine groups is 2. The maximum absolute atomic E-state index is 12.8. The summed E-state index contributed by atoms with van der Waals surface area (Å²) in [4.78, 5) is 18.3. The van der Waals surface area contributed by atoms with E-state index in [0.717, 1.165) is 27.7 Å². The largest absolute Gasteiger partial charge is 0.318 e. The van der Waals surface area contributed by atoms with E-state index in [2.05, 4.69) is 59.7 Å². The Kier molecular flexibility index (Phi) is 5.42. The fraction of sp³-hybridized carbons (Fsp3) is 0.200. The number of nitrogens with one attached hydrogen (secondary N) is 1. The van der Waals surface area contributed by atoms with E-state index in [1.54, 1.807) is 17.4 Å². The van der Waals surface area contributed by atoms with Crippen LogP contribution in [0, 0.1) is 33.1 Å². The Labute approximate surface area is 200 Å². The molecule has 5 rings (SSSR count). The highest BCUT2D eigenvalue weighted by Gasteiger charge is 2.35. The molecule has 166 valence electrons. The molecule has 6 nitrogen and oxygen atoms in total. The smallest absolute Gasteiger partial charge is 0.283 e. The second kappa shape index (κ2) is 8.28. The van der Waals surface area contributed by atoms with Crippen LogP contribution in [0.2, 0.25) is 0 Å². The second-order valence-corrected chi connectivity index (χ2v) is 10.4. The van der Waals surface area contributed by atoms with Crippen LogP contribution in [0.15, 0.2) is 57.4 Å². The summed E-state index contributed by atoms with van der Waals surface area (Å²) in [5, 5.41) is 18.0. The molecule has 3 aromatic rings. The van der Waals surface area contributed by atoms with Crippen LogP contribution in [0.3, 0.4) is 0 Å². The van der Waals surface area contributed by atoms with Gasteiger partial charge in [0.15, 0.2) is 5.84 Å². The summed E-state index contributed by atoms with van der Waals surface area (Å²) in [6.07, 6.45) is 2.44. The van der Waals surface area contributed by atoms with Crippen molar-refractivity contribution in [1.29, 1.82) is 5.41 Å². The van der Waals surface area contributed by atoms with Gasteiger partial charge in [0.05, 0.1) is 5.57 Å². The van der Waals surface area contributed by atoms with E-state index in [9.17, 15) is 4.79 Å². The van der Waals surface area contributed by atoms with Crippen LogP contribution in [0.1, 0.15) is 33.0 Å². The van der Waals surface area contributed by atoms with Crippen molar-refractivity contribution < 1.29 is 4.79 Å². The van der Waals surface area contributed by atoms with Crippen molar-refractivity contribution in [2.45, 2.75) is 34.1 Å². The Morgan fingerprint density at radius 1 is 1.09 bits per heavy atom. The average molecular weight is 474 g/mol. The lowest BCUT2D eigenvalue weighted by Gasteiger charge is -2.20. The fourth-order valence-electron chi connectivity index (χ4n) is 4.23. The first kappa shape index (κ1) is 21.6. The number of hydrogen-bond acceptors (Lipinski definition) is 5. The molecule has 0 unspecified atom stereocenters. The van der Waals surface area contributed by atoms with Gasteiger partial charge in [-0.05, 0) is 91.9 Å². The van der Waals surface area contributed by atoms with Gasteiger partial charge in [-0.15, -0.1) is 11.3 Å². The molecule has 33 heavy (non-hydrogen) atoms. The topological polar surface area (TPSA) is 73.8 Å². The van der Waals surface area contributed by atoms with E-state index >= 15 is 0 Å². The van der Waals surface area contributed by atoms with Gasteiger partial charge in [-0.3, -0.25) is 10.2 Å². The zero-order valence-corrected chi connectivity index (χ0v) is 20.5. The SMILES string of the molecule is Cc1cc(C)cc(-n2c(C)cc(C=C3C(=N)N4N=C(Cc5cccs5)SC4=NC3=O)c2C)c1. The van der Waals surface area contributed by atoms with Crippen molar-refractivity contribution in [3.63, 3.8) is 0 Å². The summed E-state index contributed by atoms with van der Waals surface area (Å²) >= 11 is 3.02. The highest BCUT2D eigenvalue weighted by molar-refractivity contribution is 8.27. The van der Waals surface area contributed by atoms with Crippen LogP contribution in [-0.2, 0) is 11.2 Å². The maximum atomic E-state index is 12.8. The minimum Gasteiger partial charge on any atom is -0.318 e. The number of carbonyl (C=O) groups excluding carboxylic acids is 1. The summed E-state index contributed by atoms with van der Waals surface area (Å²) < 4.78 is 2.18. The molecule has 0 spiro atoms. The third-order valence-corrected chi connectivity index (χ3v) is 7.42. The van der Waals surface area contributed by atoms with E-state index in [-0.39, 0.29) is 11.4 Å². The van der Waals surface area contributed by atoms with Crippen LogP contribution >= 0.6 is 23.1 Å². The van der Waals surface area contributed by atoms with Crippen LogP contribution in [-0.4, -0.2) is 31.5 Å². The minimum absolute atomic E-state index is 0.0647. The highest BCUT2D eigenvalue weighted by atomic mass is 32.2. The van der Waals surface area contributed by atoms with E-state index in [0.29, 0.717) is 11.6 Å². The molecule has 0 fully saturated rings. The van der Waals surface area contributed by atoms with Crippen molar-refractivity contribution in [1.82, 2.24) is 9.58 Å². The molecule has 2 aliphatic heterocycles. The molecule has 0 saturated carbocycles. The first-order chi connectivity index (χ1) is 15.8. The first-order valence-corrected chi connectivity index (χ1v) is 12.3. The minimum atomic E-state index is -0.400. The molecule has 0 saturated heterocycles. The van der Waals surface area contributed by atoms with Crippen LogP contribution in [0.4, 0.5) is 0 Å². The second-order valence-electron chi connectivity index (χ2n) is 8.28. The molecule has 0 aliphatic carbocycles. The number of amides is 1. The molecule has 0 bridgehead atoms. The van der Waals surface area contributed by atoms with E-state index in [1.807, 2.05) is 24.4 Å². The lowest BCUT2D eigenvalue weighted by atomic mass is 10.1. The van der Waals surface area contributed by atoms with Crippen molar-refractivity contribution in [3.8, 4) is 5.69 Å². The summed E-state index contributed by atoms with van der Waals surface area (Å²) in [5.74, 6) is -0.336. The molecule has 2 aromatic heterocycles. The average Bonchev–Trinajstić information content (AvgIpc) is 3.45. The number of hydrazone groups is 1. The van der Waals surface area contributed by atoms with E-state index < -0.39 is 5.91 Å². The highest BCUT2D eigenvalue weighted by Crippen LogP contribution is 2.31. The lowest BCUT2D eigenvalue weighted by Crippen LogP contribution is -2.35. The molecule has 8 heteroatoms. The van der Waals surface area contributed by atoms with Crippen molar-refractivity contribution in [2.24, 2.45) is 10.1 Å². The molecule has 1 N–H and O–H groups in total. The summed E-state index contributed by atoms with van der Waals surface area (Å²) in [6.45, 7) is 8.26. The summed E-state index contributed by atoms with van der Waals surface area (Å²) in [7, 11) is 0. The molecule has 4 heterocycles. The van der Waals surface area contributed by atoms with E-state index in [1.165, 1.54) is 32.8 Å². The molecular weight excluding hydrogens is 450 g/mol. The molecule has 0 atom stereocenters. The third kappa shape index (κ3) is 4.00. The summed E-state index contributed by atoms with van der Waals surface area (Å²) in [6, 6.07) is 12.6. The molecular formula is C25H23N5OS2. The van der Waals surface area contributed by atoms with Crippen LogP contribution < -0.4 is 0 Å². The van der Waals surface area contributed by atoms with Crippen molar-refractivity contribution in [2.75, 3.05) is 0 Å². The number of aliphatic imine (C=N–C) groups is 1. The standard InChI is InChI=1S/C25H23N5OS2/c1-14-8-15(2)10-19(9-14)29-16(3)11-18(17(29)4)12-21-23(26)30-25(27-24(21)31)33-22(28-30)13-20-6-5-7-32-20/h5-12,26H,13H2,1-4H3. The number of benzene rings is 1. The number of fused-ring (bicyclic) bond motifs is 1. The van der Waals surface area contributed by atoms with Gasteiger partial charge in [0, 0.05) is 28.4 Å². The summed E-state index contributed by atoms with van der Waals surface area (Å²) in [5.41, 5.74) is 6.72. The van der Waals surface area contributed by atoms with E-state index in [4.69, 9.17) is 5.41 Å². The monoisotopic (exact) mass is 473 g/mol. The number of thioether (sulfide) groups is 1. The predicted molar refractivity (Wildman–Crippen MR) is 138 cm³/mol.